The molecule has 0 spiro atoms. The second-order valence-corrected chi connectivity index (χ2v) is 3.92. The topological polar surface area (TPSA) is 54.1 Å². The first-order valence-corrected chi connectivity index (χ1v) is 5.84. The highest BCUT2D eigenvalue weighted by atomic mass is 35.5. The number of hydrogen-bond acceptors (Lipinski definition) is 2. The van der Waals surface area contributed by atoms with E-state index in [-0.39, 0.29) is 12.5 Å². The fraction of sp³-hybridized carbons (Fsp3) is 0.250. The van der Waals surface area contributed by atoms with Gasteiger partial charge in [-0.15, -0.1) is 11.6 Å². The van der Waals surface area contributed by atoms with E-state index in [0.29, 0.717) is 12.5 Å². The number of amides is 1. The molecule has 0 fully saturated rings. The molecule has 90 valence electrons. The van der Waals surface area contributed by atoms with Crippen LogP contribution in [-0.2, 0) is 9.53 Å². The van der Waals surface area contributed by atoms with Gasteiger partial charge in [-0.2, -0.15) is 0 Å². The lowest BCUT2D eigenvalue weighted by Crippen LogP contribution is -2.19. The van der Waals surface area contributed by atoms with Crippen LogP contribution < -0.4 is 5.32 Å². The minimum Gasteiger partial charge on any atom is -0.370 e. The molecule has 1 amide bonds. The number of para-hydroxylation sites is 1. The monoisotopic (exact) mass is 252 g/mol. The molecule has 4 nitrogen and oxygen atoms in total. The van der Waals surface area contributed by atoms with E-state index in [1.54, 1.807) is 0 Å². The molecule has 0 atom stereocenters. The van der Waals surface area contributed by atoms with Gasteiger partial charge in [0.2, 0.25) is 5.91 Å². The molecule has 17 heavy (non-hydrogen) atoms. The van der Waals surface area contributed by atoms with Gasteiger partial charge < -0.3 is 15.0 Å². The van der Waals surface area contributed by atoms with E-state index >= 15 is 0 Å². The molecule has 0 unspecified atom stereocenters. The van der Waals surface area contributed by atoms with Gasteiger partial charge in [-0.05, 0) is 12.1 Å². The molecule has 5 heteroatoms. The lowest BCUT2D eigenvalue weighted by Gasteiger charge is -2.06. The Kier molecular flexibility index (Phi) is 4.01. The lowest BCUT2D eigenvalue weighted by atomic mass is 10.2. The molecular weight excluding hydrogens is 240 g/mol. The summed E-state index contributed by atoms with van der Waals surface area (Å²) < 4.78 is 5.06. The van der Waals surface area contributed by atoms with Crippen molar-refractivity contribution in [2.24, 2.45) is 0 Å². The summed E-state index contributed by atoms with van der Waals surface area (Å²) in [5, 5.41) is 3.85. The second kappa shape index (κ2) is 5.70. The zero-order chi connectivity index (χ0) is 12.1. The van der Waals surface area contributed by atoms with Crippen molar-refractivity contribution >= 4 is 34.1 Å². The Morgan fingerprint density at radius 1 is 1.41 bits per heavy atom. The van der Waals surface area contributed by atoms with Crippen molar-refractivity contribution in [2.45, 2.75) is 0 Å². The van der Waals surface area contributed by atoms with Crippen LogP contribution in [-0.4, -0.2) is 30.0 Å². The molecule has 0 aliphatic rings. The highest BCUT2D eigenvalue weighted by Crippen LogP contribution is 2.21. The third kappa shape index (κ3) is 2.99. The van der Waals surface area contributed by atoms with E-state index in [2.05, 4.69) is 10.3 Å². The van der Waals surface area contributed by atoms with Crippen LogP contribution in [0.15, 0.2) is 30.5 Å². The van der Waals surface area contributed by atoms with Crippen LogP contribution in [0.5, 0.6) is 0 Å². The highest BCUT2D eigenvalue weighted by molar-refractivity contribution is 6.18. The standard InChI is InChI=1S/C12H13ClN2O2/c13-5-7-17-8-11(16)15-10-3-1-2-9-4-6-14-12(9)10/h1-4,6,14H,5,7-8H2,(H,15,16). The van der Waals surface area contributed by atoms with Gasteiger partial charge in [0.1, 0.15) is 6.61 Å². The predicted octanol–water partition coefficient (Wildman–Crippen LogP) is 2.36. The van der Waals surface area contributed by atoms with E-state index in [0.717, 1.165) is 16.6 Å². The molecule has 0 aliphatic heterocycles. The van der Waals surface area contributed by atoms with Crippen LogP contribution in [0.3, 0.4) is 0 Å². The molecule has 1 heterocycles. The number of nitrogens with one attached hydrogen (secondary N) is 2. The molecule has 1 aromatic carbocycles. The third-order valence-corrected chi connectivity index (χ3v) is 2.47. The second-order valence-electron chi connectivity index (χ2n) is 3.54. The summed E-state index contributed by atoms with van der Waals surface area (Å²) >= 11 is 5.45. The van der Waals surface area contributed by atoms with Crippen LogP contribution >= 0.6 is 11.6 Å². The zero-order valence-corrected chi connectivity index (χ0v) is 9.96. The third-order valence-electron chi connectivity index (χ3n) is 2.32. The Morgan fingerprint density at radius 3 is 3.12 bits per heavy atom. The van der Waals surface area contributed by atoms with Gasteiger partial charge in [0, 0.05) is 17.5 Å². The van der Waals surface area contributed by atoms with Gasteiger partial charge in [-0.3, -0.25) is 4.79 Å². The van der Waals surface area contributed by atoms with E-state index < -0.39 is 0 Å². The predicted molar refractivity (Wildman–Crippen MR) is 68.5 cm³/mol. The van der Waals surface area contributed by atoms with Crippen molar-refractivity contribution in [2.75, 3.05) is 24.4 Å². The van der Waals surface area contributed by atoms with Crippen LogP contribution in [0.2, 0.25) is 0 Å². The van der Waals surface area contributed by atoms with Crippen LogP contribution in [0.4, 0.5) is 5.69 Å². The van der Waals surface area contributed by atoms with Gasteiger partial charge in [-0.1, -0.05) is 12.1 Å². The number of fused-ring (bicyclic) bond motifs is 1. The zero-order valence-electron chi connectivity index (χ0n) is 9.20. The number of anilines is 1. The van der Waals surface area contributed by atoms with E-state index in [9.17, 15) is 4.79 Å². The molecule has 2 N–H and O–H groups in total. The van der Waals surface area contributed by atoms with Crippen molar-refractivity contribution < 1.29 is 9.53 Å². The summed E-state index contributed by atoms with van der Waals surface area (Å²) in [5.74, 6) is 0.205. The van der Waals surface area contributed by atoms with E-state index in [1.807, 2.05) is 30.5 Å². The number of ether oxygens (including phenoxy) is 1. The van der Waals surface area contributed by atoms with E-state index in [1.165, 1.54) is 0 Å². The SMILES string of the molecule is O=C(COCCCl)Nc1cccc2cc[nH]c12. The Bertz CT molecular complexity index is 510. The molecular formula is C12H13ClN2O2. The Balaban J connectivity index is 2.03. The average molecular weight is 253 g/mol. The van der Waals surface area contributed by atoms with Crippen molar-refractivity contribution in [3.8, 4) is 0 Å². The largest absolute Gasteiger partial charge is 0.370 e. The number of benzene rings is 1. The van der Waals surface area contributed by atoms with Crippen molar-refractivity contribution in [1.29, 1.82) is 0 Å². The highest BCUT2D eigenvalue weighted by Gasteiger charge is 2.06. The Labute approximate surface area is 104 Å². The maximum atomic E-state index is 11.6. The van der Waals surface area contributed by atoms with Gasteiger partial charge >= 0.3 is 0 Å². The number of H-pyrrole nitrogens is 1. The molecule has 2 rings (SSSR count). The van der Waals surface area contributed by atoms with Gasteiger partial charge in [0.15, 0.2) is 0 Å². The first-order valence-electron chi connectivity index (χ1n) is 5.31. The maximum Gasteiger partial charge on any atom is 0.250 e. The number of hydrogen-bond donors (Lipinski definition) is 2. The smallest absolute Gasteiger partial charge is 0.250 e. The number of alkyl halides is 1. The fourth-order valence-corrected chi connectivity index (χ4v) is 1.70. The molecule has 2 aromatic rings. The van der Waals surface area contributed by atoms with Crippen LogP contribution in [0, 0.1) is 0 Å². The summed E-state index contributed by atoms with van der Waals surface area (Å²) in [6.45, 7) is 0.394. The van der Waals surface area contributed by atoms with Gasteiger partial charge in [0.05, 0.1) is 17.8 Å². The summed E-state index contributed by atoms with van der Waals surface area (Å²) in [6.07, 6.45) is 1.84. The maximum absolute atomic E-state index is 11.6. The van der Waals surface area contributed by atoms with Crippen LogP contribution in [0.25, 0.3) is 10.9 Å². The molecule has 1 aromatic heterocycles. The molecule has 0 aliphatic carbocycles. The number of carbonyl (C=O) groups is 1. The summed E-state index contributed by atoms with van der Waals surface area (Å²) in [5.41, 5.74) is 1.67. The van der Waals surface area contributed by atoms with E-state index in [4.69, 9.17) is 16.3 Å². The minimum absolute atomic E-state index is 0.0177. The first kappa shape index (κ1) is 12.0. The normalized spacial score (nSPS) is 10.6. The van der Waals surface area contributed by atoms with Crippen molar-refractivity contribution in [3.63, 3.8) is 0 Å². The first-order chi connectivity index (χ1) is 8.31. The summed E-state index contributed by atoms with van der Waals surface area (Å²) in [4.78, 5) is 14.6. The average Bonchev–Trinajstić information content (AvgIpc) is 2.78. The quantitative estimate of drug-likeness (QED) is 0.634. The Hall–Kier alpha value is -1.52. The van der Waals surface area contributed by atoms with Gasteiger partial charge in [-0.25, -0.2) is 0 Å². The minimum atomic E-state index is -0.183. The molecule has 0 radical (unpaired) electrons. The summed E-state index contributed by atoms with van der Waals surface area (Å²) in [6, 6.07) is 7.67. The van der Waals surface area contributed by atoms with Crippen molar-refractivity contribution in [1.82, 2.24) is 4.98 Å². The van der Waals surface area contributed by atoms with Crippen LogP contribution in [0.1, 0.15) is 0 Å². The number of carbonyl (C=O) groups excluding carboxylic acids is 1. The van der Waals surface area contributed by atoms with Crippen molar-refractivity contribution in [3.05, 3.63) is 30.5 Å². The Morgan fingerprint density at radius 2 is 2.29 bits per heavy atom. The fourth-order valence-electron chi connectivity index (χ4n) is 1.59. The lowest BCUT2D eigenvalue weighted by molar-refractivity contribution is -0.120. The number of aromatic amines is 1. The molecule has 0 saturated heterocycles. The number of aromatic nitrogens is 1. The van der Waals surface area contributed by atoms with Gasteiger partial charge in [0.25, 0.3) is 0 Å². The number of rotatable bonds is 5. The molecule has 0 saturated carbocycles. The molecule has 0 bridgehead atoms. The summed E-state index contributed by atoms with van der Waals surface area (Å²) in [7, 11) is 0. The number of halogens is 1.